The highest BCUT2D eigenvalue weighted by Gasteiger charge is 2.25. The van der Waals surface area contributed by atoms with Crippen molar-refractivity contribution < 1.29 is 9.21 Å². The third-order valence-corrected chi connectivity index (χ3v) is 4.73. The van der Waals surface area contributed by atoms with Crippen LogP contribution in [0, 0.1) is 6.92 Å². The Kier molecular flexibility index (Phi) is 4.58. The van der Waals surface area contributed by atoms with Gasteiger partial charge in [0.2, 0.25) is 0 Å². The molecule has 0 aliphatic heterocycles. The first-order chi connectivity index (χ1) is 13.1. The van der Waals surface area contributed by atoms with Gasteiger partial charge in [0, 0.05) is 36.0 Å². The quantitative estimate of drug-likeness (QED) is 0.741. The van der Waals surface area contributed by atoms with E-state index in [9.17, 15) is 9.59 Å². The molecule has 0 spiro atoms. The van der Waals surface area contributed by atoms with Gasteiger partial charge in [-0.15, -0.1) is 0 Å². The molecule has 7 heteroatoms. The fraction of sp³-hybridized carbons (Fsp3) is 0.300. The molecular formula is C20H20N4O3. The Balaban J connectivity index is 1.54. The van der Waals surface area contributed by atoms with Crippen molar-refractivity contribution in [1.82, 2.24) is 20.3 Å². The summed E-state index contributed by atoms with van der Waals surface area (Å²) in [4.78, 5) is 35.8. The van der Waals surface area contributed by atoms with Crippen LogP contribution in [0.1, 0.15) is 46.0 Å². The highest BCUT2D eigenvalue weighted by Crippen LogP contribution is 2.29. The Hall–Kier alpha value is -3.22. The summed E-state index contributed by atoms with van der Waals surface area (Å²) in [7, 11) is 0. The van der Waals surface area contributed by atoms with E-state index in [0.29, 0.717) is 28.4 Å². The van der Waals surface area contributed by atoms with Gasteiger partial charge in [-0.2, -0.15) is 0 Å². The zero-order valence-electron chi connectivity index (χ0n) is 15.0. The molecule has 7 nitrogen and oxygen atoms in total. The summed E-state index contributed by atoms with van der Waals surface area (Å²) in [6, 6.07) is 4.97. The van der Waals surface area contributed by atoms with Crippen LogP contribution in [0.4, 0.5) is 0 Å². The standard InChI is InChI=1S/C20H20N4O3/c1-12-18(15-6-2-3-7-16(15)27-12)20(26)22-11-14-9-17(25)24-19(23-14)13-5-4-8-21-10-13/h4-5,8-10H,2-3,6-7,11H2,1H3,(H,22,26)(H,23,24,25). The molecule has 3 aromatic heterocycles. The van der Waals surface area contributed by atoms with Gasteiger partial charge in [-0.25, -0.2) is 4.98 Å². The molecule has 0 atom stereocenters. The van der Waals surface area contributed by atoms with Gasteiger partial charge in [0.15, 0.2) is 0 Å². The van der Waals surface area contributed by atoms with Crippen LogP contribution < -0.4 is 10.9 Å². The van der Waals surface area contributed by atoms with Gasteiger partial charge in [-0.1, -0.05) is 0 Å². The maximum absolute atomic E-state index is 12.7. The van der Waals surface area contributed by atoms with Crippen molar-refractivity contribution >= 4 is 5.91 Å². The molecule has 0 radical (unpaired) electrons. The Morgan fingerprint density at radius 3 is 3.00 bits per heavy atom. The zero-order chi connectivity index (χ0) is 18.8. The molecule has 3 aromatic rings. The third kappa shape index (κ3) is 3.53. The minimum Gasteiger partial charge on any atom is -0.465 e. The predicted octanol–water partition coefficient (Wildman–Crippen LogP) is 2.54. The SMILES string of the molecule is Cc1oc2c(c1C(=O)NCc1cc(=O)[nH]c(-c3cccnc3)n1)CCCC2. The average molecular weight is 364 g/mol. The van der Waals surface area contributed by atoms with Crippen LogP contribution in [0.25, 0.3) is 11.4 Å². The lowest BCUT2D eigenvalue weighted by molar-refractivity contribution is 0.0948. The highest BCUT2D eigenvalue weighted by atomic mass is 16.3. The number of aromatic amines is 1. The van der Waals surface area contributed by atoms with Gasteiger partial charge < -0.3 is 14.7 Å². The van der Waals surface area contributed by atoms with Gasteiger partial charge in [0.25, 0.3) is 11.5 Å². The molecule has 1 aliphatic carbocycles. The van der Waals surface area contributed by atoms with Crippen LogP contribution in [0.15, 0.2) is 39.8 Å². The van der Waals surface area contributed by atoms with Crippen molar-refractivity contribution in [2.75, 3.05) is 0 Å². The molecular weight excluding hydrogens is 344 g/mol. The number of H-pyrrole nitrogens is 1. The number of carbonyl (C=O) groups is 1. The number of aryl methyl sites for hydroxylation is 2. The molecule has 0 bridgehead atoms. The minimum absolute atomic E-state index is 0.162. The zero-order valence-corrected chi connectivity index (χ0v) is 15.0. The molecule has 27 heavy (non-hydrogen) atoms. The molecule has 3 heterocycles. The monoisotopic (exact) mass is 364 g/mol. The number of carbonyl (C=O) groups excluding carboxylic acids is 1. The number of nitrogens with one attached hydrogen (secondary N) is 2. The molecule has 0 fully saturated rings. The Labute approximate surface area is 155 Å². The van der Waals surface area contributed by atoms with Crippen molar-refractivity contribution in [3.63, 3.8) is 0 Å². The normalized spacial score (nSPS) is 13.2. The molecule has 0 saturated heterocycles. The van der Waals surface area contributed by atoms with Gasteiger partial charge in [-0.3, -0.25) is 14.6 Å². The molecule has 138 valence electrons. The predicted molar refractivity (Wildman–Crippen MR) is 99.3 cm³/mol. The van der Waals surface area contributed by atoms with E-state index in [-0.39, 0.29) is 18.0 Å². The van der Waals surface area contributed by atoms with Crippen LogP contribution in [-0.2, 0) is 19.4 Å². The van der Waals surface area contributed by atoms with Crippen molar-refractivity contribution in [2.24, 2.45) is 0 Å². The lowest BCUT2D eigenvalue weighted by atomic mass is 9.94. The molecule has 0 unspecified atom stereocenters. The topological polar surface area (TPSA) is 101 Å². The van der Waals surface area contributed by atoms with Gasteiger partial charge in [-0.05, 0) is 38.3 Å². The number of hydrogen-bond donors (Lipinski definition) is 2. The van der Waals surface area contributed by atoms with E-state index < -0.39 is 0 Å². The fourth-order valence-electron chi connectivity index (χ4n) is 3.50. The number of amides is 1. The molecule has 0 saturated carbocycles. The Bertz CT molecular complexity index is 1040. The second-order valence-electron chi connectivity index (χ2n) is 6.65. The number of aromatic nitrogens is 3. The lowest BCUT2D eigenvalue weighted by Gasteiger charge is -2.11. The summed E-state index contributed by atoms with van der Waals surface area (Å²) in [5.74, 6) is 1.81. The maximum Gasteiger partial charge on any atom is 0.255 e. The third-order valence-electron chi connectivity index (χ3n) is 4.73. The maximum atomic E-state index is 12.7. The van der Waals surface area contributed by atoms with Crippen molar-refractivity contribution in [3.8, 4) is 11.4 Å². The van der Waals surface area contributed by atoms with Crippen LogP contribution in [0.2, 0.25) is 0 Å². The summed E-state index contributed by atoms with van der Waals surface area (Å²) in [5.41, 5.74) is 2.57. The number of pyridine rings is 1. The van der Waals surface area contributed by atoms with E-state index >= 15 is 0 Å². The summed E-state index contributed by atoms with van der Waals surface area (Å²) in [5, 5.41) is 2.87. The van der Waals surface area contributed by atoms with E-state index in [4.69, 9.17) is 4.42 Å². The van der Waals surface area contributed by atoms with E-state index in [0.717, 1.165) is 37.0 Å². The Morgan fingerprint density at radius 2 is 2.19 bits per heavy atom. The van der Waals surface area contributed by atoms with Crippen LogP contribution >= 0.6 is 0 Å². The summed E-state index contributed by atoms with van der Waals surface area (Å²) in [6.45, 7) is 1.98. The Morgan fingerprint density at radius 1 is 1.33 bits per heavy atom. The highest BCUT2D eigenvalue weighted by molar-refractivity contribution is 5.97. The first-order valence-electron chi connectivity index (χ1n) is 9.02. The van der Waals surface area contributed by atoms with Crippen molar-refractivity contribution in [1.29, 1.82) is 0 Å². The minimum atomic E-state index is -0.273. The number of nitrogens with zero attached hydrogens (tertiary/aromatic N) is 2. The van der Waals surface area contributed by atoms with Gasteiger partial charge in [0.1, 0.15) is 17.3 Å². The summed E-state index contributed by atoms with van der Waals surface area (Å²) in [6.07, 6.45) is 7.18. The van der Waals surface area contributed by atoms with Crippen molar-refractivity contribution in [2.45, 2.75) is 39.2 Å². The second kappa shape index (κ2) is 7.19. The molecule has 1 amide bonds. The number of hydrogen-bond acceptors (Lipinski definition) is 5. The molecule has 2 N–H and O–H groups in total. The molecule has 0 aromatic carbocycles. The van der Waals surface area contributed by atoms with Gasteiger partial charge in [0.05, 0.1) is 17.8 Å². The largest absolute Gasteiger partial charge is 0.465 e. The van der Waals surface area contributed by atoms with Crippen LogP contribution in [0.5, 0.6) is 0 Å². The lowest BCUT2D eigenvalue weighted by Crippen LogP contribution is -2.26. The summed E-state index contributed by atoms with van der Waals surface area (Å²) >= 11 is 0. The van der Waals surface area contributed by atoms with E-state index in [1.165, 1.54) is 6.07 Å². The average Bonchev–Trinajstić information content (AvgIpc) is 3.02. The van der Waals surface area contributed by atoms with E-state index in [2.05, 4.69) is 20.3 Å². The van der Waals surface area contributed by atoms with Crippen LogP contribution in [-0.4, -0.2) is 20.9 Å². The fourth-order valence-corrected chi connectivity index (χ4v) is 3.50. The second-order valence-corrected chi connectivity index (χ2v) is 6.65. The first kappa shape index (κ1) is 17.2. The van der Waals surface area contributed by atoms with E-state index in [1.54, 1.807) is 18.5 Å². The number of fused-ring (bicyclic) bond motifs is 1. The number of rotatable bonds is 4. The molecule has 4 rings (SSSR count). The van der Waals surface area contributed by atoms with E-state index in [1.807, 2.05) is 13.0 Å². The van der Waals surface area contributed by atoms with Crippen LogP contribution in [0.3, 0.4) is 0 Å². The smallest absolute Gasteiger partial charge is 0.255 e. The van der Waals surface area contributed by atoms with Crippen molar-refractivity contribution in [3.05, 3.63) is 69.3 Å². The number of furan rings is 1. The summed E-state index contributed by atoms with van der Waals surface area (Å²) < 4.78 is 5.77. The first-order valence-corrected chi connectivity index (χ1v) is 9.02. The van der Waals surface area contributed by atoms with Gasteiger partial charge >= 0.3 is 0 Å². The molecule has 1 aliphatic rings.